The number of ether oxygens (including phenoxy) is 1. The number of halogens is 1. The lowest BCUT2D eigenvalue weighted by Crippen LogP contribution is -2.45. The number of nitrogens with one attached hydrogen (secondary N) is 1. The molecule has 3 rings (SSSR count). The van der Waals surface area contributed by atoms with Gasteiger partial charge in [-0.05, 0) is 31.0 Å². The molecule has 2 heterocycles. The first-order chi connectivity index (χ1) is 13.3. The van der Waals surface area contributed by atoms with Gasteiger partial charge in [-0.25, -0.2) is 4.79 Å². The molecule has 8 nitrogen and oxygen atoms in total. The number of carbonyl (C=O) groups excluding carboxylic acids is 1. The number of piperidine rings is 1. The summed E-state index contributed by atoms with van der Waals surface area (Å²) in [5, 5.41) is 3.30. The molecule has 1 amide bonds. The van der Waals surface area contributed by atoms with Crippen molar-refractivity contribution in [3.63, 3.8) is 0 Å². The summed E-state index contributed by atoms with van der Waals surface area (Å²) in [5.74, 6) is 0.668. The van der Waals surface area contributed by atoms with Gasteiger partial charge in [0.1, 0.15) is 11.6 Å². The van der Waals surface area contributed by atoms with Crippen molar-refractivity contribution in [2.75, 3.05) is 30.4 Å². The van der Waals surface area contributed by atoms with Crippen molar-refractivity contribution in [3.05, 3.63) is 50.1 Å². The lowest BCUT2D eigenvalue weighted by atomic mass is 9.97. The number of anilines is 2. The van der Waals surface area contributed by atoms with Crippen LogP contribution >= 0.6 is 11.6 Å². The molecule has 28 heavy (non-hydrogen) atoms. The lowest BCUT2D eigenvalue weighted by molar-refractivity contribution is -0.120. The smallest absolute Gasteiger partial charge is 0.332 e. The number of nitrogens with zero attached hydrogens (tertiary/aromatic N) is 3. The Hall–Kier alpha value is -2.74. The third-order valence-electron chi connectivity index (χ3n) is 5.04. The van der Waals surface area contributed by atoms with Crippen LogP contribution in [0.4, 0.5) is 11.5 Å². The largest absolute Gasteiger partial charge is 0.495 e. The number of carbonyl (C=O) groups is 1. The number of benzene rings is 1. The van der Waals surface area contributed by atoms with Crippen molar-refractivity contribution >= 4 is 29.0 Å². The number of hydrogen-bond donors (Lipinski definition) is 1. The molecule has 9 heteroatoms. The molecule has 1 aromatic heterocycles. The van der Waals surface area contributed by atoms with E-state index in [4.69, 9.17) is 16.3 Å². The van der Waals surface area contributed by atoms with E-state index in [1.165, 1.54) is 24.8 Å². The highest BCUT2D eigenvalue weighted by molar-refractivity contribution is 6.32. The zero-order valence-corrected chi connectivity index (χ0v) is 16.8. The summed E-state index contributed by atoms with van der Waals surface area (Å²) in [7, 11) is 4.60. The Morgan fingerprint density at radius 2 is 1.96 bits per heavy atom. The average molecular weight is 407 g/mol. The average Bonchev–Trinajstić information content (AvgIpc) is 2.69. The predicted octanol–water partition coefficient (Wildman–Crippen LogP) is 1.60. The van der Waals surface area contributed by atoms with E-state index in [0.717, 1.165) is 17.4 Å². The highest BCUT2D eigenvalue weighted by Crippen LogP contribution is 2.28. The Kier molecular flexibility index (Phi) is 5.79. The molecule has 1 aromatic carbocycles. The van der Waals surface area contributed by atoms with E-state index in [9.17, 15) is 14.4 Å². The minimum atomic E-state index is -0.387. The fourth-order valence-electron chi connectivity index (χ4n) is 3.41. The molecule has 0 radical (unpaired) electrons. The van der Waals surface area contributed by atoms with Gasteiger partial charge in [-0.3, -0.25) is 18.7 Å². The summed E-state index contributed by atoms with van der Waals surface area (Å²) in [5.41, 5.74) is -0.159. The number of rotatable bonds is 4. The van der Waals surface area contributed by atoms with Gasteiger partial charge in [0.05, 0.1) is 18.1 Å². The quantitative estimate of drug-likeness (QED) is 0.833. The van der Waals surface area contributed by atoms with Crippen LogP contribution in [0.2, 0.25) is 5.02 Å². The first-order valence-electron chi connectivity index (χ1n) is 8.98. The first kappa shape index (κ1) is 20.0. The molecule has 1 saturated heterocycles. The van der Waals surface area contributed by atoms with E-state index in [1.54, 1.807) is 25.2 Å². The maximum Gasteiger partial charge on any atom is 0.332 e. The summed E-state index contributed by atoms with van der Waals surface area (Å²) in [6.45, 7) is 1.11. The fraction of sp³-hybridized carbons (Fsp3) is 0.421. The summed E-state index contributed by atoms with van der Waals surface area (Å²) in [6, 6.07) is 6.50. The molecule has 1 aliphatic rings. The third kappa shape index (κ3) is 3.91. The highest BCUT2D eigenvalue weighted by Gasteiger charge is 2.27. The van der Waals surface area contributed by atoms with Crippen LogP contribution in [0.15, 0.2) is 33.9 Å². The lowest BCUT2D eigenvalue weighted by Gasteiger charge is -2.34. The Bertz CT molecular complexity index is 1010. The van der Waals surface area contributed by atoms with Gasteiger partial charge in [-0.2, -0.15) is 0 Å². The molecule has 0 saturated carbocycles. The number of aromatic nitrogens is 2. The van der Waals surface area contributed by atoms with Crippen LogP contribution in [0.3, 0.4) is 0 Å². The van der Waals surface area contributed by atoms with Crippen LogP contribution in [0.25, 0.3) is 0 Å². The van der Waals surface area contributed by atoms with E-state index < -0.39 is 0 Å². The van der Waals surface area contributed by atoms with Gasteiger partial charge < -0.3 is 15.0 Å². The second-order valence-corrected chi connectivity index (χ2v) is 7.27. The van der Waals surface area contributed by atoms with Gasteiger partial charge in [0, 0.05) is 38.9 Å². The number of hydrogen-bond acceptors (Lipinski definition) is 5. The van der Waals surface area contributed by atoms with E-state index in [-0.39, 0.29) is 23.1 Å². The van der Waals surface area contributed by atoms with Gasteiger partial charge in [-0.1, -0.05) is 11.6 Å². The summed E-state index contributed by atoms with van der Waals surface area (Å²) in [4.78, 5) is 38.9. The maximum absolute atomic E-state index is 12.7. The highest BCUT2D eigenvalue weighted by atomic mass is 35.5. The fourth-order valence-corrected chi connectivity index (χ4v) is 3.67. The van der Waals surface area contributed by atoms with Crippen LogP contribution in [-0.4, -0.2) is 35.2 Å². The normalized spacial score (nSPS) is 16.7. The van der Waals surface area contributed by atoms with Gasteiger partial charge in [0.2, 0.25) is 5.91 Å². The van der Waals surface area contributed by atoms with Crippen molar-refractivity contribution in [1.82, 2.24) is 9.13 Å². The van der Waals surface area contributed by atoms with Crippen molar-refractivity contribution in [1.29, 1.82) is 0 Å². The topological polar surface area (TPSA) is 85.6 Å². The molecule has 1 aliphatic heterocycles. The zero-order valence-electron chi connectivity index (χ0n) is 16.1. The van der Waals surface area contributed by atoms with Crippen LogP contribution in [0.5, 0.6) is 5.75 Å². The maximum atomic E-state index is 12.7. The molecule has 1 atom stereocenters. The van der Waals surface area contributed by atoms with Crippen LogP contribution < -0.4 is 26.2 Å². The molecule has 0 unspecified atom stereocenters. The van der Waals surface area contributed by atoms with Gasteiger partial charge in [0.25, 0.3) is 5.56 Å². The van der Waals surface area contributed by atoms with Crippen LogP contribution in [-0.2, 0) is 18.9 Å². The minimum absolute atomic E-state index is 0.125. The Morgan fingerprint density at radius 3 is 2.64 bits per heavy atom. The van der Waals surface area contributed by atoms with Crippen LogP contribution in [0.1, 0.15) is 12.8 Å². The van der Waals surface area contributed by atoms with Gasteiger partial charge in [0.15, 0.2) is 0 Å². The summed E-state index contributed by atoms with van der Waals surface area (Å²) in [6.07, 6.45) is 1.51. The number of amides is 1. The van der Waals surface area contributed by atoms with Gasteiger partial charge >= 0.3 is 5.69 Å². The molecule has 0 bridgehead atoms. The summed E-state index contributed by atoms with van der Waals surface area (Å²) >= 11 is 6.11. The third-order valence-corrected chi connectivity index (χ3v) is 5.33. The number of methoxy groups -OCH3 is 1. The Balaban J connectivity index is 1.76. The molecular weight excluding hydrogens is 384 g/mol. The molecular formula is C19H23ClN4O4. The van der Waals surface area contributed by atoms with Gasteiger partial charge in [-0.15, -0.1) is 0 Å². The zero-order chi connectivity index (χ0) is 20.4. The second kappa shape index (κ2) is 8.10. The van der Waals surface area contributed by atoms with Crippen molar-refractivity contribution in [3.8, 4) is 5.75 Å². The van der Waals surface area contributed by atoms with Crippen molar-refractivity contribution in [2.45, 2.75) is 12.8 Å². The molecule has 1 fully saturated rings. The van der Waals surface area contributed by atoms with E-state index in [2.05, 4.69) is 5.32 Å². The standard InChI is InChI=1S/C19H23ClN4O4/c1-22-16(10-17(25)23(2)19(22)27)24-8-4-5-12(11-24)18(26)21-13-6-7-15(28-3)14(20)9-13/h6-7,9-10,12H,4-5,8,11H2,1-3H3,(H,21,26)/t12-/m0/s1. The monoisotopic (exact) mass is 406 g/mol. The van der Waals surface area contributed by atoms with Crippen LogP contribution in [0, 0.1) is 5.92 Å². The minimum Gasteiger partial charge on any atom is -0.495 e. The van der Waals surface area contributed by atoms with E-state index in [0.29, 0.717) is 35.4 Å². The van der Waals surface area contributed by atoms with Crippen molar-refractivity contribution in [2.24, 2.45) is 20.0 Å². The van der Waals surface area contributed by atoms with E-state index >= 15 is 0 Å². The summed E-state index contributed by atoms with van der Waals surface area (Å²) < 4.78 is 7.61. The second-order valence-electron chi connectivity index (χ2n) is 6.87. The molecule has 150 valence electrons. The molecule has 1 N–H and O–H groups in total. The SMILES string of the molecule is COc1ccc(NC(=O)[C@H]2CCCN(c3cc(=O)n(C)c(=O)n3C)C2)cc1Cl. The Labute approximate surface area is 167 Å². The molecule has 0 spiro atoms. The molecule has 0 aliphatic carbocycles. The Morgan fingerprint density at radius 1 is 1.21 bits per heavy atom. The molecule has 2 aromatic rings. The van der Waals surface area contributed by atoms with Crippen molar-refractivity contribution < 1.29 is 9.53 Å². The first-order valence-corrected chi connectivity index (χ1v) is 9.36. The predicted molar refractivity (Wildman–Crippen MR) is 108 cm³/mol. The van der Waals surface area contributed by atoms with E-state index in [1.807, 2.05) is 4.90 Å².